The largest absolute Gasteiger partial charge is 0.486 e. The monoisotopic (exact) mass is 454 g/mol. The molecule has 31 heavy (non-hydrogen) atoms. The predicted molar refractivity (Wildman–Crippen MR) is 120 cm³/mol. The van der Waals surface area contributed by atoms with Crippen LogP contribution in [-0.2, 0) is 12.3 Å². The molecule has 1 aliphatic heterocycles. The van der Waals surface area contributed by atoms with Gasteiger partial charge >= 0.3 is 0 Å². The van der Waals surface area contributed by atoms with Crippen LogP contribution in [0.1, 0.15) is 12.6 Å². The maximum Gasteiger partial charge on any atom is 0.258 e. The lowest BCUT2D eigenvalue weighted by molar-refractivity contribution is 0.171. The van der Waals surface area contributed by atoms with E-state index in [0.29, 0.717) is 35.3 Å². The minimum absolute atomic E-state index is 0.154. The van der Waals surface area contributed by atoms with Crippen LogP contribution in [0.15, 0.2) is 58.7 Å². The molecular formula is C22H19ClN4O3S. The Bertz CT molecular complexity index is 1330. The van der Waals surface area contributed by atoms with Crippen LogP contribution in [0.2, 0.25) is 5.02 Å². The van der Waals surface area contributed by atoms with E-state index in [1.54, 1.807) is 30.1 Å². The number of fused-ring (bicyclic) bond motifs is 2. The van der Waals surface area contributed by atoms with Gasteiger partial charge in [-0.1, -0.05) is 23.4 Å². The Hall–Kier alpha value is -2.97. The molecule has 7 nitrogen and oxygen atoms in total. The van der Waals surface area contributed by atoms with Crippen LogP contribution in [-0.4, -0.2) is 32.1 Å². The lowest BCUT2D eigenvalue weighted by Gasteiger charge is -2.19. The molecule has 0 saturated heterocycles. The zero-order chi connectivity index (χ0) is 21.4. The van der Waals surface area contributed by atoms with Crippen molar-refractivity contribution in [2.24, 2.45) is 0 Å². The van der Waals surface area contributed by atoms with Crippen LogP contribution in [0.5, 0.6) is 11.5 Å². The number of nitrogens with zero attached hydrogens (tertiary/aromatic N) is 4. The smallest absolute Gasteiger partial charge is 0.258 e. The van der Waals surface area contributed by atoms with Gasteiger partial charge in [-0.05, 0) is 37.3 Å². The van der Waals surface area contributed by atoms with Crippen LogP contribution in [0.25, 0.3) is 16.9 Å². The number of pyridine rings is 1. The van der Waals surface area contributed by atoms with Crippen LogP contribution >= 0.6 is 23.4 Å². The summed E-state index contributed by atoms with van der Waals surface area (Å²) in [5.74, 6) is 2.05. The van der Waals surface area contributed by atoms with Gasteiger partial charge in [0.25, 0.3) is 5.56 Å². The molecule has 4 aromatic rings. The van der Waals surface area contributed by atoms with Crippen molar-refractivity contribution < 1.29 is 9.47 Å². The van der Waals surface area contributed by atoms with E-state index in [9.17, 15) is 4.79 Å². The molecule has 0 fully saturated rings. The second-order valence-corrected chi connectivity index (χ2v) is 8.36. The molecule has 0 spiro atoms. The second kappa shape index (κ2) is 8.28. The van der Waals surface area contributed by atoms with Crippen LogP contribution in [0.3, 0.4) is 0 Å². The molecule has 5 rings (SSSR count). The lowest BCUT2D eigenvalue weighted by Crippen LogP contribution is -2.15. The molecule has 0 aliphatic carbocycles. The molecule has 0 bridgehead atoms. The van der Waals surface area contributed by atoms with Crippen molar-refractivity contribution >= 4 is 29.0 Å². The van der Waals surface area contributed by atoms with Crippen molar-refractivity contribution in [1.82, 2.24) is 18.9 Å². The van der Waals surface area contributed by atoms with E-state index < -0.39 is 0 Å². The molecule has 9 heteroatoms. The number of hydrogen-bond donors (Lipinski definition) is 0. The molecule has 0 radical (unpaired) electrons. The molecule has 4 heterocycles. The van der Waals surface area contributed by atoms with Crippen LogP contribution in [0, 0.1) is 0 Å². The summed E-state index contributed by atoms with van der Waals surface area (Å²) in [6, 6.07) is 10.9. The van der Waals surface area contributed by atoms with Gasteiger partial charge < -0.3 is 14.0 Å². The fourth-order valence-corrected chi connectivity index (χ4v) is 4.65. The fourth-order valence-electron chi connectivity index (χ4n) is 3.55. The second-order valence-electron chi connectivity index (χ2n) is 6.98. The van der Waals surface area contributed by atoms with E-state index in [2.05, 4.69) is 21.5 Å². The Morgan fingerprint density at radius 2 is 1.97 bits per heavy atom. The SMILES string of the molecule is CCn1c(-c2ccc3c(c2)OCCO3)cnc1SCc1cc(=O)n2cc(Cl)ccc2n1. The zero-order valence-electron chi connectivity index (χ0n) is 16.7. The lowest BCUT2D eigenvalue weighted by atomic mass is 10.1. The standard InChI is InChI=1S/C22H19ClN4O3S/c1-2-26-17(14-3-5-18-19(9-14)30-8-7-29-18)11-24-22(26)31-13-16-10-21(28)27-12-15(23)4-6-20(27)25-16/h3-6,9-12H,2,7-8,13H2,1H3. The van der Waals surface area contributed by atoms with Gasteiger partial charge in [-0.2, -0.15) is 0 Å². The summed E-state index contributed by atoms with van der Waals surface area (Å²) in [6.45, 7) is 3.96. The summed E-state index contributed by atoms with van der Waals surface area (Å²) in [6.07, 6.45) is 3.44. The summed E-state index contributed by atoms with van der Waals surface area (Å²) in [5, 5.41) is 1.36. The third-order valence-electron chi connectivity index (χ3n) is 5.00. The average Bonchev–Trinajstić information content (AvgIpc) is 3.21. The fraction of sp³-hybridized carbons (Fsp3) is 0.227. The number of benzene rings is 1. The topological polar surface area (TPSA) is 70.7 Å². The number of imidazole rings is 1. The quantitative estimate of drug-likeness (QED) is 0.419. The maximum atomic E-state index is 12.4. The van der Waals surface area contributed by atoms with E-state index in [4.69, 9.17) is 21.1 Å². The van der Waals surface area contributed by atoms with Gasteiger partial charge in [0.15, 0.2) is 16.7 Å². The molecule has 1 aliphatic rings. The number of hydrogen-bond acceptors (Lipinski definition) is 6. The Balaban J connectivity index is 1.41. The summed E-state index contributed by atoms with van der Waals surface area (Å²) >= 11 is 7.53. The summed E-state index contributed by atoms with van der Waals surface area (Å²) < 4.78 is 14.9. The first kappa shape index (κ1) is 20.0. The molecule has 0 amide bonds. The maximum absolute atomic E-state index is 12.4. The number of ether oxygens (including phenoxy) is 2. The molecule has 1 aromatic carbocycles. The van der Waals surface area contributed by atoms with E-state index >= 15 is 0 Å². The van der Waals surface area contributed by atoms with Gasteiger partial charge in [0.2, 0.25) is 0 Å². The zero-order valence-corrected chi connectivity index (χ0v) is 18.3. The van der Waals surface area contributed by atoms with Gasteiger partial charge in [0, 0.05) is 30.1 Å². The van der Waals surface area contributed by atoms with Crippen molar-refractivity contribution in [2.45, 2.75) is 24.4 Å². The van der Waals surface area contributed by atoms with Crippen molar-refractivity contribution in [3.63, 3.8) is 0 Å². The van der Waals surface area contributed by atoms with Gasteiger partial charge in [-0.15, -0.1) is 0 Å². The number of thioether (sulfide) groups is 1. The van der Waals surface area contributed by atoms with Crippen molar-refractivity contribution in [3.05, 3.63) is 69.9 Å². The molecule has 0 N–H and O–H groups in total. The normalized spacial score (nSPS) is 13.0. The summed E-state index contributed by atoms with van der Waals surface area (Å²) in [5.41, 5.74) is 3.14. The first-order chi connectivity index (χ1) is 15.1. The first-order valence-corrected chi connectivity index (χ1v) is 11.2. The summed E-state index contributed by atoms with van der Waals surface area (Å²) in [7, 11) is 0. The third-order valence-corrected chi connectivity index (χ3v) is 6.25. The van der Waals surface area contributed by atoms with Crippen molar-refractivity contribution in [3.8, 4) is 22.8 Å². The van der Waals surface area contributed by atoms with E-state index in [1.807, 2.05) is 24.4 Å². The van der Waals surface area contributed by atoms with E-state index in [-0.39, 0.29) is 5.56 Å². The van der Waals surface area contributed by atoms with Gasteiger partial charge in [0.1, 0.15) is 18.9 Å². The minimum Gasteiger partial charge on any atom is -0.486 e. The van der Waals surface area contributed by atoms with Crippen molar-refractivity contribution in [2.75, 3.05) is 13.2 Å². The molecule has 0 unspecified atom stereocenters. The highest BCUT2D eigenvalue weighted by Crippen LogP contribution is 2.36. The molecule has 0 atom stereocenters. The Morgan fingerprint density at radius 1 is 1.13 bits per heavy atom. The highest BCUT2D eigenvalue weighted by Gasteiger charge is 2.16. The van der Waals surface area contributed by atoms with Gasteiger partial charge in [-0.3, -0.25) is 9.20 Å². The molecular weight excluding hydrogens is 436 g/mol. The summed E-state index contributed by atoms with van der Waals surface area (Å²) in [4.78, 5) is 21.6. The van der Waals surface area contributed by atoms with Crippen molar-refractivity contribution in [1.29, 1.82) is 0 Å². The van der Waals surface area contributed by atoms with Crippen LogP contribution < -0.4 is 15.0 Å². The third kappa shape index (κ3) is 3.88. The van der Waals surface area contributed by atoms with E-state index in [0.717, 1.165) is 34.5 Å². The average molecular weight is 455 g/mol. The molecule has 3 aromatic heterocycles. The number of rotatable bonds is 5. The van der Waals surface area contributed by atoms with Gasteiger partial charge in [-0.25, -0.2) is 9.97 Å². The highest BCUT2D eigenvalue weighted by atomic mass is 35.5. The van der Waals surface area contributed by atoms with Gasteiger partial charge in [0.05, 0.1) is 22.6 Å². The van der Waals surface area contributed by atoms with Crippen LogP contribution in [0.4, 0.5) is 0 Å². The van der Waals surface area contributed by atoms with E-state index in [1.165, 1.54) is 10.5 Å². The molecule has 158 valence electrons. The predicted octanol–water partition coefficient (Wildman–Crippen LogP) is 4.29. The Morgan fingerprint density at radius 3 is 2.81 bits per heavy atom. The Kier molecular flexibility index (Phi) is 5.33. The number of halogens is 1. The molecule has 0 saturated carbocycles. The minimum atomic E-state index is -0.154. The highest BCUT2D eigenvalue weighted by molar-refractivity contribution is 7.98. The first-order valence-electron chi connectivity index (χ1n) is 9.88. The Labute approximate surface area is 187 Å². The number of aromatic nitrogens is 4.